The van der Waals surface area contributed by atoms with Crippen LogP contribution < -0.4 is 5.43 Å². The van der Waals surface area contributed by atoms with E-state index < -0.39 is 17.6 Å². The molecule has 0 aliphatic carbocycles. The van der Waals surface area contributed by atoms with Gasteiger partial charge in [-0.2, -0.15) is 18.3 Å². The van der Waals surface area contributed by atoms with Gasteiger partial charge in [-0.15, -0.1) is 0 Å². The van der Waals surface area contributed by atoms with Gasteiger partial charge >= 0.3 is 6.18 Å². The van der Waals surface area contributed by atoms with Crippen molar-refractivity contribution < 1.29 is 18.0 Å². The zero-order valence-corrected chi connectivity index (χ0v) is 18.1. The molecule has 0 saturated carbocycles. The van der Waals surface area contributed by atoms with E-state index in [0.717, 1.165) is 28.9 Å². The van der Waals surface area contributed by atoms with Crippen LogP contribution in [0.1, 0.15) is 16.7 Å². The first-order chi connectivity index (χ1) is 15.9. The Balaban J connectivity index is 1.44. The summed E-state index contributed by atoms with van der Waals surface area (Å²) in [6, 6.07) is 22.7. The topological polar surface area (TPSA) is 59.3 Å². The number of nitrogens with zero attached hydrogens (tertiary/aromatic N) is 3. The second-order valence-electron chi connectivity index (χ2n) is 7.12. The van der Waals surface area contributed by atoms with Gasteiger partial charge in [0.2, 0.25) is 0 Å². The minimum atomic E-state index is -4.50. The third-order valence-electron chi connectivity index (χ3n) is 4.79. The summed E-state index contributed by atoms with van der Waals surface area (Å²) in [7, 11) is 0. The van der Waals surface area contributed by atoms with Crippen LogP contribution in [0, 0.1) is 0 Å². The largest absolute Gasteiger partial charge is 0.417 e. The minimum Gasteiger partial charge on any atom is -0.314 e. The number of hydrogen-bond donors (Lipinski definition) is 1. The maximum Gasteiger partial charge on any atom is 0.417 e. The Hall–Kier alpha value is -3.59. The van der Waals surface area contributed by atoms with Crippen LogP contribution in [-0.4, -0.2) is 27.4 Å². The lowest BCUT2D eigenvalue weighted by atomic mass is 10.1. The van der Waals surface area contributed by atoms with E-state index in [9.17, 15) is 18.0 Å². The van der Waals surface area contributed by atoms with E-state index in [1.54, 1.807) is 0 Å². The Morgan fingerprint density at radius 1 is 1.00 bits per heavy atom. The summed E-state index contributed by atoms with van der Waals surface area (Å²) >= 11 is 1.24. The van der Waals surface area contributed by atoms with Crippen molar-refractivity contribution in [2.45, 2.75) is 17.9 Å². The number of fused-ring (bicyclic) bond motifs is 1. The number of carbonyl (C=O) groups excluding carboxylic acids is 1. The van der Waals surface area contributed by atoms with Gasteiger partial charge in [-0.1, -0.05) is 72.4 Å². The van der Waals surface area contributed by atoms with Crippen molar-refractivity contribution in [3.8, 4) is 0 Å². The molecule has 0 bridgehead atoms. The van der Waals surface area contributed by atoms with Crippen molar-refractivity contribution in [2.24, 2.45) is 5.10 Å². The van der Waals surface area contributed by atoms with Gasteiger partial charge in [-0.05, 0) is 23.8 Å². The molecule has 4 rings (SSSR count). The molecule has 1 heterocycles. The van der Waals surface area contributed by atoms with Gasteiger partial charge in [0.25, 0.3) is 5.91 Å². The first-order valence-corrected chi connectivity index (χ1v) is 11.0. The quantitative estimate of drug-likeness (QED) is 0.226. The summed E-state index contributed by atoms with van der Waals surface area (Å²) in [6.45, 7) is 0.595. The lowest BCUT2D eigenvalue weighted by Crippen LogP contribution is -2.20. The first-order valence-electron chi connectivity index (χ1n) is 10.0. The van der Waals surface area contributed by atoms with E-state index in [-0.39, 0.29) is 11.3 Å². The molecule has 1 N–H and O–H groups in total. The van der Waals surface area contributed by atoms with Gasteiger partial charge in [0.15, 0.2) is 5.16 Å². The third kappa shape index (κ3) is 5.61. The highest BCUT2D eigenvalue weighted by atomic mass is 32.2. The van der Waals surface area contributed by atoms with Gasteiger partial charge in [-0.3, -0.25) is 4.79 Å². The molecule has 0 radical (unpaired) electrons. The molecule has 9 heteroatoms. The number of carbonyl (C=O) groups is 1. The fourth-order valence-electron chi connectivity index (χ4n) is 3.29. The van der Waals surface area contributed by atoms with Crippen molar-refractivity contribution >= 4 is 34.9 Å². The summed E-state index contributed by atoms with van der Waals surface area (Å²) in [5.74, 6) is -0.435. The highest BCUT2D eigenvalue weighted by Gasteiger charge is 2.32. The van der Waals surface area contributed by atoms with Crippen molar-refractivity contribution in [1.29, 1.82) is 0 Å². The molecule has 0 atom stereocenters. The number of benzene rings is 3. The molecular formula is C24H19F3N4OS. The number of hydrogen-bond acceptors (Lipinski definition) is 4. The zero-order chi connectivity index (χ0) is 23.3. The molecule has 0 aliphatic rings. The maximum absolute atomic E-state index is 13.1. The predicted molar refractivity (Wildman–Crippen MR) is 123 cm³/mol. The number of halogens is 3. The average Bonchev–Trinajstić information content (AvgIpc) is 3.15. The number of hydrazone groups is 1. The van der Waals surface area contributed by atoms with E-state index in [1.807, 2.05) is 59.2 Å². The second-order valence-corrected chi connectivity index (χ2v) is 8.06. The number of nitrogens with one attached hydrogen (secondary N) is 1. The Bertz CT molecular complexity index is 1290. The normalized spacial score (nSPS) is 11.8. The van der Waals surface area contributed by atoms with E-state index in [4.69, 9.17) is 0 Å². The molecular weight excluding hydrogens is 449 g/mol. The van der Waals surface area contributed by atoms with Crippen molar-refractivity contribution in [3.63, 3.8) is 0 Å². The maximum atomic E-state index is 13.1. The molecule has 0 saturated heterocycles. The molecule has 33 heavy (non-hydrogen) atoms. The van der Waals surface area contributed by atoms with Crippen LogP contribution in [0.2, 0.25) is 0 Å². The van der Waals surface area contributed by atoms with Crippen LogP contribution in [0.25, 0.3) is 11.0 Å². The monoisotopic (exact) mass is 468 g/mol. The Morgan fingerprint density at radius 2 is 1.70 bits per heavy atom. The zero-order valence-electron chi connectivity index (χ0n) is 17.3. The highest BCUT2D eigenvalue weighted by Crippen LogP contribution is 2.31. The van der Waals surface area contributed by atoms with Crippen LogP contribution in [-0.2, 0) is 17.5 Å². The summed E-state index contributed by atoms with van der Waals surface area (Å²) in [5, 5.41) is 4.36. The van der Waals surface area contributed by atoms with Crippen LogP contribution in [0.15, 0.2) is 89.1 Å². The molecule has 3 aromatic carbocycles. The summed E-state index contributed by atoms with van der Waals surface area (Å²) < 4.78 is 41.2. The van der Waals surface area contributed by atoms with Gasteiger partial charge < -0.3 is 4.57 Å². The number of thioether (sulfide) groups is 1. The summed E-state index contributed by atoms with van der Waals surface area (Å²) in [6.07, 6.45) is -3.50. The van der Waals surface area contributed by atoms with Crippen LogP contribution in [0.3, 0.4) is 0 Å². The van der Waals surface area contributed by atoms with Gasteiger partial charge in [0.1, 0.15) is 0 Å². The standard InChI is InChI=1S/C24H19F3N4OS/c25-24(26,27)19-11-5-4-10-18(19)14-28-30-22(32)16-33-23-29-20-12-6-7-13-21(20)31(23)15-17-8-2-1-3-9-17/h1-14H,15-16H2,(H,30,32)/b28-14+. The molecule has 0 aliphatic heterocycles. The fraction of sp³-hybridized carbons (Fsp3) is 0.125. The molecule has 0 fully saturated rings. The lowest BCUT2D eigenvalue weighted by Gasteiger charge is -2.09. The number of rotatable bonds is 7. The smallest absolute Gasteiger partial charge is 0.314 e. The number of amides is 1. The average molecular weight is 469 g/mol. The molecule has 0 spiro atoms. The van der Waals surface area contributed by atoms with Crippen molar-refractivity contribution in [2.75, 3.05) is 5.75 Å². The van der Waals surface area contributed by atoms with Crippen molar-refractivity contribution in [3.05, 3.63) is 95.6 Å². The van der Waals surface area contributed by atoms with Crippen LogP contribution in [0.5, 0.6) is 0 Å². The predicted octanol–water partition coefficient (Wildman–Crippen LogP) is 5.35. The van der Waals surface area contributed by atoms with E-state index >= 15 is 0 Å². The van der Waals surface area contributed by atoms with E-state index in [2.05, 4.69) is 15.5 Å². The van der Waals surface area contributed by atoms with Crippen LogP contribution in [0.4, 0.5) is 13.2 Å². The van der Waals surface area contributed by atoms with Gasteiger partial charge in [0.05, 0.1) is 35.1 Å². The van der Waals surface area contributed by atoms with E-state index in [0.29, 0.717) is 11.7 Å². The third-order valence-corrected chi connectivity index (χ3v) is 5.77. The lowest BCUT2D eigenvalue weighted by molar-refractivity contribution is -0.137. The molecule has 168 valence electrons. The summed E-state index contributed by atoms with van der Waals surface area (Å²) in [5.41, 5.74) is 4.22. The number of alkyl halides is 3. The summed E-state index contributed by atoms with van der Waals surface area (Å²) in [4.78, 5) is 16.9. The van der Waals surface area contributed by atoms with E-state index in [1.165, 1.54) is 30.0 Å². The minimum absolute atomic E-state index is 0.0103. The van der Waals surface area contributed by atoms with Crippen molar-refractivity contribution in [1.82, 2.24) is 15.0 Å². The van der Waals surface area contributed by atoms with Gasteiger partial charge in [-0.25, -0.2) is 10.4 Å². The molecule has 1 aromatic heterocycles. The first kappa shape index (κ1) is 22.6. The molecule has 5 nitrogen and oxygen atoms in total. The van der Waals surface area contributed by atoms with Gasteiger partial charge in [0, 0.05) is 5.56 Å². The second kappa shape index (κ2) is 9.91. The van der Waals surface area contributed by atoms with Crippen LogP contribution >= 0.6 is 11.8 Å². The Labute approximate surface area is 192 Å². The Kier molecular flexibility index (Phi) is 6.79. The molecule has 0 unspecified atom stereocenters. The molecule has 1 amide bonds. The number of aromatic nitrogens is 2. The number of para-hydroxylation sites is 2. The SMILES string of the molecule is O=C(CSc1nc2ccccc2n1Cc1ccccc1)N/N=C/c1ccccc1C(F)(F)F. The highest BCUT2D eigenvalue weighted by molar-refractivity contribution is 7.99. The molecule has 4 aromatic rings. The fourth-order valence-corrected chi connectivity index (χ4v) is 4.09. The number of imidazole rings is 1. The Morgan fingerprint density at radius 3 is 2.48 bits per heavy atom.